The Balaban J connectivity index is 2.42. The first-order valence-corrected chi connectivity index (χ1v) is 9.45. The van der Waals surface area contributed by atoms with Gasteiger partial charge in [-0.3, -0.25) is 9.78 Å². The number of nitrogens with zero attached hydrogens (tertiary/aromatic N) is 1. The van der Waals surface area contributed by atoms with Crippen molar-refractivity contribution in [2.24, 2.45) is 5.92 Å². The van der Waals surface area contributed by atoms with Gasteiger partial charge in [0.15, 0.2) is 9.84 Å². The minimum atomic E-state index is -3.84. The number of carbonyl (C=O) groups is 1. The van der Waals surface area contributed by atoms with Crippen LogP contribution in [0.2, 0.25) is 0 Å². The number of amides is 1. The minimum absolute atomic E-state index is 0.0130. The molecule has 0 aliphatic heterocycles. The predicted octanol–water partition coefficient (Wildman–Crippen LogP) is 2.82. The van der Waals surface area contributed by atoms with Gasteiger partial charge in [0.1, 0.15) is 11.1 Å². The summed E-state index contributed by atoms with van der Waals surface area (Å²) in [7, 11) is -3.84. The Labute approximate surface area is 147 Å². The second kappa shape index (κ2) is 7.74. The van der Waals surface area contributed by atoms with Gasteiger partial charge in [-0.15, -0.1) is 0 Å². The van der Waals surface area contributed by atoms with Crippen LogP contribution in [-0.2, 0) is 14.6 Å². The van der Waals surface area contributed by atoms with E-state index in [0.29, 0.717) is 5.56 Å². The molecule has 1 N–H and O–H groups in total. The number of pyridine rings is 1. The Hall–Kier alpha value is -2.28. The molecule has 0 unspecified atom stereocenters. The number of hydrogen-bond acceptors (Lipinski definition) is 4. The van der Waals surface area contributed by atoms with Gasteiger partial charge in [-0.05, 0) is 42.3 Å². The summed E-state index contributed by atoms with van der Waals surface area (Å²) in [4.78, 5) is 15.9. The number of rotatable bonds is 6. The summed E-state index contributed by atoms with van der Waals surface area (Å²) in [6, 6.07) is 6.96. The van der Waals surface area contributed by atoms with Crippen molar-refractivity contribution < 1.29 is 17.6 Å². The van der Waals surface area contributed by atoms with Crippen molar-refractivity contribution in [1.82, 2.24) is 10.3 Å². The topological polar surface area (TPSA) is 76.1 Å². The molecule has 1 atom stereocenters. The molecule has 0 fully saturated rings. The second-order valence-corrected chi connectivity index (χ2v) is 8.26. The van der Waals surface area contributed by atoms with Crippen molar-refractivity contribution in [3.8, 4) is 0 Å². The van der Waals surface area contributed by atoms with Crippen LogP contribution in [0.4, 0.5) is 4.39 Å². The number of carbonyl (C=O) groups excluding carboxylic acids is 1. The fraction of sp³-hybridized carbons (Fsp3) is 0.333. The van der Waals surface area contributed by atoms with Gasteiger partial charge in [-0.1, -0.05) is 19.9 Å². The molecule has 2 rings (SSSR count). The van der Waals surface area contributed by atoms with Gasteiger partial charge in [0, 0.05) is 24.9 Å². The van der Waals surface area contributed by atoms with E-state index in [1.165, 1.54) is 25.3 Å². The summed E-state index contributed by atoms with van der Waals surface area (Å²) in [6.07, 6.45) is 3.00. The van der Waals surface area contributed by atoms with E-state index in [1.54, 1.807) is 32.2 Å². The van der Waals surface area contributed by atoms with Gasteiger partial charge < -0.3 is 5.32 Å². The fourth-order valence-electron chi connectivity index (χ4n) is 2.33. The normalized spacial score (nSPS) is 12.8. The molecule has 0 aliphatic carbocycles. The van der Waals surface area contributed by atoms with Gasteiger partial charge in [0.2, 0.25) is 5.91 Å². The number of sulfone groups is 1. The van der Waals surface area contributed by atoms with E-state index in [-0.39, 0.29) is 28.8 Å². The predicted molar refractivity (Wildman–Crippen MR) is 93.1 cm³/mol. The quantitative estimate of drug-likeness (QED) is 0.800. The fourth-order valence-corrected chi connectivity index (χ4v) is 4.06. The Kier molecular flexibility index (Phi) is 5.89. The molecule has 1 heterocycles. The Morgan fingerprint density at radius 3 is 2.56 bits per heavy atom. The van der Waals surface area contributed by atoms with Gasteiger partial charge >= 0.3 is 0 Å². The lowest BCUT2D eigenvalue weighted by molar-refractivity contribution is -0.123. The van der Waals surface area contributed by atoms with Crippen LogP contribution < -0.4 is 5.32 Å². The van der Waals surface area contributed by atoms with E-state index < -0.39 is 20.9 Å². The molecule has 25 heavy (non-hydrogen) atoms. The lowest BCUT2D eigenvalue weighted by atomic mass is 10.2. The number of halogens is 1. The number of nitrogens with one attached hydrogen (secondary N) is 1. The van der Waals surface area contributed by atoms with Crippen molar-refractivity contribution in [1.29, 1.82) is 0 Å². The largest absolute Gasteiger partial charge is 0.354 e. The first-order chi connectivity index (χ1) is 11.7. The maximum Gasteiger partial charge on any atom is 0.222 e. The van der Waals surface area contributed by atoms with Crippen LogP contribution in [0, 0.1) is 18.7 Å². The van der Waals surface area contributed by atoms with Crippen molar-refractivity contribution in [2.75, 3.05) is 6.54 Å². The van der Waals surface area contributed by atoms with Gasteiger partial charge in [0.25, 0.3) is 0 Å². The number of benzene rings is 1. The molecule has 1 aromatic carbocycles. The van der Waals surface area contributed by atoms with Crippen LogP contribution in [0.3, 0.4) is 0 Å². The van der Waals surface area contributed by atoms with E-state index in [4.69, 9.17) is 0 Å². The molecular formula is C18H21FN2O3S. The number of aromatic nitrogens is 1. The molecule has 0 bridgehead atoms. The molecule has 0 saturated heterocycles. The third-order valence-electron chi connectivity index (χ3n) is 3.87. The van der Waals surface area contributed by atoms with Crippen molar-refractivity contribution in [3.05, 3.63) is 59.7 Å². The molecule has 2 aromatic rings. The summed E-state index contributed by atoms with van der Waals surface area (Å²) in [6.45, 7) is 4.88. The van der Waals surface area contributed by atoms with Crippen LogP contribution in [0.15, 0.2) is 47.6 Å². The zero-order valence-electron chi connectivity index (χ0n) is 14.4. The molecular weight excluding hydrogens is 343 g/mol. The lowest BCUT2D eigenvalue weighted by Crippen LogP contribution is -2.34. The monoisotopic (exact) mass is 364 g/mol. The van der Waals surface area contributed by atoms with Crippen LogP contribution in [0.5, 0.6) is 0 Å². The van der Waals surface area contributed by atoms with E-state index in [9.17, 15) is 17.6 Å². The van der Waals surface area contributed by atoms with Crippen molar-refractivity contribution >= 4 is 15.7 Å². The molecule has 1 amide bonds. The Bertz CT molecular complexity index is 852. The van der Waals surface area contributed by atoms with Gasteiger partial charge in [-0.2, -0.15) is 0 Å². The highest BCUT2D eigenvalue weighted by Gasteiger charge is 2.30. The molecule has 1 aromatic heterocycles. The number of hydrogen-bond donors (Lipinski definition) is 1. The third-order valence-corrected chi connectivity index (χ3v) is 5.97. The molecule has 0 aliphatic rings. The smallest absolute Gasteiger partial charge is 0.222 e. The SMILES string of the molecule is Cc1cc(S(=O)(=O)[C@H](CNC(=O)C(C)C)c2cccnc2)ccc1F. The Morgan fingerprint density at radius 1 is 1.28 bits per heavy atom. The average Bonchev–Trinajstić information content (AvgIpc) is 2.57. The summed E-state index contributed by atoms with van der Waals surface area (Å²) in [5.74, 6) is -0.963. The lowest BCUT2D eigenvalue weighted by Gasteiger charge is -2.19. The van der Waals surface area contributed by atoms with Gasteiger partial charge in [0.05, 0.1) is 4.90 Å². The van der Waals surface area contributed by atoms with E-state index in [1.807, 2.05) is 0 Å². The van der Waals surface area contributed by atoms with Crippen LogP contribution in [0.25, 0.3) is 0 Å². The Morgan fingerprint density at radius 2 is 2.00 bits per heavy atom. The number of aryl methyl sites for hydroxylation is 1. The molecule has 0 spiro atoms. The second-order valence-electron chi connectivity index (χ2n) is 6.13. The highest BCUT2D eigenvalue weighted by atomic mass is 32.2. The highest BCUT2D eigenvalue weighted by molar-refractivity contribution is 7.91. The average molecular weight is 364 g/mol. The van der Waals surface area contributed by atoms with Gasteiger partial charge in [-0.25, -0.2) is 12.8 Å². The summed E-state index contributed by atoms with van der Waals surface area (Å²) in [5.41, 5.74) is 0.714. The summed E-state index contributed by atoms with van der Waals surface area (Å²) >= 11 is 0. The van der Waals surface area contributed by atoms with Crippen LogP contribution in [-0.4, -0.2) is 25.9 Å². The van der Waals surface area contributed by atoms with Crippen molar-refractivity contribution in [2.45, 2.75) is 30.9 Å². The van der Waals surface area contributed by atoms with Crippen LogP contribution in [0.1, 0.15) is 30.2 Å². The van der Waals surface area contributed by atoms with Crippen molar-refractivity contribution in [3.63, 3.8) is 0 Å². The first kappa shape index (κ1) is 19.1. The molecule has 5 nitrogen and oxygen atoms in total. The minimum Gasteiger partial charge on any atom is -0.354 e. The van der Waals surface area contributed by atoms with E-state index in [0.717, 1.165) is 6.07 Å². The molecule has 0 saturated carbocycles. The third kappa shape index (κ3) is 4.42. The summed E-state index contributed by atoms with van der Waals surface area (Å²) < 4.78 is 39.6. The van der Waals surface area contributed by atoms with E-state index >= 15 is 0 Å². The standard InChI is InChI=1S/C18H21FN2O3S/c1-12(2)18(22)21-11-17(14-5-4-8-20-10-14)25(23,24)15-6-7-16(19)13(3)9-15/h4-10,12,17H,11H2,1-3H3,(H,21,22)/t17-/m1/s1. The molecule has 0 radical (unpaired) electrons. The maximum atomic E-state index is 13.5. The zero-order chi connectivity index (χ0) is 18.6. The summed E-state index contributed by atoms with van der Waals surface area (Å²) in [5, 5.41) is 1.66. The molecule has 134 valence electrons. The molecule has 7 heteroatoms. The zero-order valence-corrected chi connectivity index (χ0v) is 15.2. The van der Waals surface area contributed by atoms with Crippen LogP contribution >= 0.6 is 0 Å². The maximum absolute atomic E-state index is 13.5. The highest BCUT2D eigenvalue weighted by Crippen LogP contribution is 2.29. The first-order valence-electron chi connectivity index (χ1n) is 7.91. The van der Waals surface area contributed by atoms with E-state index in [2.05, 4.69) is 10.3 Å².